The van der Waals surface area contributed by atoms with Crippen LogP contribution in [0.2, 0.25) is 0 Å². The van der Waals surface area contributed by atoms with Gasteiger partial charge in [0.05, 0.1) is 33.0 Å². The van der Waals surface area contributed by atoms with Crippen LogP contribution in [0.15, 0.2) is 60.7 Å². The summed E-state index contributed by atoms with van der Waals surface area (Å²) in [5, 5.41) is 0. The monoisotopic (exact) mass is 588 g/mol. The van der Waals surface area contributed by atoms with Crippen molar-refractivity contribution in [2.24, 2.45) is 5.41 Å². The smallest absolute Gasteiger partial charge is 0.318 e. The lowest BCUT2D eigenvalue weighted by molar-refractivity contribution is -0.170. The molecule has 42 heavy (non-hydrogen) atoms. The molecule has 0 saturated carbocycles. The molecule has 232 valence electrons. The highest BCUT2D eigenvalue weighted by Gasteiger charge is 2.38. The molecule has 0 spiro atoms. The van der Waals surface area contributed by atoms with E-state index in [4.69, 9.17) is 33.2 Å². The normalized spacial score (nSPS) is 15.0. The molecule has 10 heteroatoms. The second-order valence-corrected chi connectivity index (χ2v) is 9.69. The maximum atomic E-state index is 12.0. The van der Waals surface area contributed by atoms with Gasteiger partial charge >= 0.3 is 17.9 Å². The summed E-state index contributed by atoms with van der Waals surface area (Å²) in [6.45, 7) is 9.52. The minimum absolute atomic E-state index is 0.129. The summed E-state index contributed by atoms with van der Waals surface area (Å²) < 4.78 is 36.3. The van der Waals surface area contributed by atoms with Crippen LogP contribution >= 0.6 is 0 Å². The van der Waals surface area contributed by atoms with Crippen LogP contribution in [-0.2, 0) is 47.5 Å². The van der Waals surface area contributed by atoms with Gasteiger partial charge in [-0.1, -0.05) is 81.4 Å². The van der Waals surface area contributed by atoms with E-state index in [1.165, 1.54) is 0 Å². The van der Waals surface area contributed by atoms with E-state index < -0.39 is 23.3 Å². The van der Waals surface area contributed by atoms with E-state index in [1.54, 1.807) is 20.8 Å². The quantitative estimate of drug-likeness (QED) is 0.252. The van der Waals surface area contributed by atoms with E-state index in [2.05, 4.69) is 0 Å². The Balaban J connectivity index is 0.000000235. The molecule has 2 aromatic rings. The van der Waals surface area contributed by atoms with Crippen molar-refractivity contribution >= 4 is 17.9 Å². The average molecular weight is 589 g/mol. The number of carbonyl (C=O) groups is 3. The van der Waals surface area contributed by atoms with Gasteiger partial charge in [0.2, 0.25) is 0 Å². The van der Waals surface area contributed by atoms with E-state index in [9.17, 15) is 14.4 Å². The highest BCUT2D eigenvalue weighted by molar-refractivity contribution is 5.78. The average Bonchev–Trinajstić information content (AvgIpc) is 3.78. The molecule has 2 aromatic carbocycles. The Hall–Kier alpha value is -3.31. The summed E-state index contributed by atoms with van der Waals surface area (Å²) in [6.07, 6.45) is 0.863. The molecule has 0 radical (unpaired) electrons. The maximum Gasteiger partial charge on any atom is 0.318 e. The number of rotatable bonds is 11. The fourth-order valence-corrected chi connectivity index (χ4v) is 3.53. The Morgan fingerprint density at radius 2 is 1.05 bits per heavy atom. The zero-order chi connectivity index (χ0) is 30.6. The first kappa shape index (κ1) is 34.9. The van der Waals surface area contributed by atoms with Crippen molar-refractivity contribution in [2.75, 3.05) is 46.2 Å². The predicted octanol–water partition coefficient (Wildman–Crippen LogP) is 5.32. The van der Waals surface area contributed by atoms with Crippen LogP contribution in [0, 0.1) is 5.41 Å². The molecule has 2 aliphatic rings. The molecule has 0 aliphatic carbocycles. The Labute approximate surface area is 248 Å². The molecule has 0 unspecified atom stereocenters. The molecule has 2 heterocycles. The molecule has 0 amide bonds. The molecular formula is C32H44O10. The van der Waals surface area contributed by atoms with E-state index in [0.717, 1.165) is 11.1 Å². The first-order valence-corrected chi connectivity index (χ1v) is 14.4. The molecular weight excluding hydrogens is 544 g/mol. The maximum absolute atomic E-state index is 12.0. The molecule has 0 N–H and O–H groups in total. The SMILES string of the molecule is CCCOC(=O)C(C)(COC(=O)CC)COC(=O)CC.c1ccc(C2OCCO2)cc1.c1ccc(C2OCCO2)cc1. The third-order valence-corrected chi connectivity index (χ3v) is 6.00. The molecule has 2 aliphatic heterocycles. The molecule has 0 atom stereocenters. The third-order valence-electron chi connectivity index (χ3n) is 6.00. The van der Waals surface area contributed by atoms with Crippen molar-refractivity contribution < 1.29 is 47.5 Å². The van der Waals surface area contributed by atoms with Gasteiger partial charge in [0.25, 0.3) is 0 Å². The molecule has 0 aromatic heterocycles. The standard InChI is InChI=1S/C14H24O6.2C9H10O2/c1-5-8-18-13(17)14(4,9-19-11(15)6-2)10-20-12(16)7-3;2*1-2-4-8(5-3-1)9-10-6-7-11-9/h5-10H2,1-4H3;2*1-5,9H,6-7H2. The van der Waals surface area contributed by atoms with Crippen molar-refractivity contribution in [3.05, 3.63) is 71.8 Å². The molecule has 10 nitrogen and oxygen atoms in total. The van der Waals surface area contributed by atoms with E-state index in [1.807, 2.05) is 67.6 Å². The Morgan fingerprint density at radius 3 is 1.38 bits per heavy atom. The van der Waals surface area contributed by atoms with Gasteiger partial charge in [0.15, 0.2) is 12.6 Å². The lowest BCUT2D eigenvalue weighted by Crippen LogP contribution is -2.40. The molecule has 2 fully saturated rings. The number of hydrogen-bond donors (Lipinski definition) is 0. The van der Waals surface area contributed by atoms with Crippen LogP contribution in [0.25, 0.3) is 0 Å². The van der Waals surface area contributed by atoms with Crippen LogP contribution < -0.4 is 0 Å². The van der Waals surface area contributed by atoms with Gasteiger partial charge in [-0.2, -0.15) is 0 Å². The summed E-state index contributed by atoms with van der Waals surface area (Å²) in [6, 6.07) is 20.0. The Morgan fingerprint density at radius 1 is 0.667 bits per heavy atom. The van der Waals surface area contributed by atoms with Crippen molar-refractivity contribution in [3.63, 3.8) is 0 Å². The number of benzene rings is 2. The summed E-state index contributed by atoms with van der Waals surface area (Å²) in [5.41, 5.74) is 1.03. The topological polar surface area (TPSA) is 116 Å². The third kappa shape index (κ3) is 12.7. The highest BCUT2D eigenvalue weighted by Crippen LogP contribution is 2.23. The van der Waals surface area contributed by atoms with Crippen molar-refractivity contribution in [2.45, 2.75) is 59.5 Å². The zero-order valence-corrected chi connectivity index (χ0v) is 25.1. The summed E-state index contributed by atoms with van der Waals surface area (Å²) in [5.74, 6) is -1.37. The largest absolute Gasteiger partial charge is 0.465 e. The number of hydrogen-bond acceptors (Lipinski definition) is 10. The lowest BCUT2D eigenvalue weighted by atomic mass is 9.93. The van der Waals surface area contributed by atoms with E-state index >= 15 is 0 Å². The van der Waals surface area contributed by atoms with Crippen molar-refractivity contribution in [1.29, 1.82) is 0 Å². The lowest BCUT2D eigenvalue weighted by Gasteiger charge is -2.26. The van der Waals surface area contributed by atoms with Crippen molar-refractivity contribution in [1.82, 2.24) is 0 Å². The second-order valence-electron chi connectivity index (χ2n) is 9.69. The highest BCUT2D eigenvalue weighted by atomic mass is 16.7. The summed E-state index contributed by atoms with van der Waals surface area (Å²) in [4.78, 5) is 34.4. The van der Waals surface area contributed by atoms with E-state index in [0.29, 0.717) is 32.8 Å². The second kappa shape index (κ2) is 19.7. The molecule has 2 saturated heterocycles. The Kier molecular flexibility index (Phi) is 16.4. The predicted molar refractivity (Wildman–Crippen MR) is 154 cm³/mol. The van der Waals surface area contributed by atoms with Gasteiger partial charge in [-0.05, 0) is 13.3 Å². The van der Waals surface area contributed by atoms with Crippen LogP contribution in [0.5, 0.6) is 0 Å². The number of esters is 3. The van der Waals surface area contributed by atoms with Gasteiger partial charge in [-0.15, -0.1) is 0 Å². The van der Waals surface area contributed by atoms with Gasteiger partial charge in [-0.3, -0.25) is 14.4 Å². The fourth-order valence-electron chi connectivity index (χ4n) is 3.53. The molecule has 4 rings (SSSR count). The number of ether oxygens (including phenoxy) is 7. The van der Waals surface area contributed by atoms with Crippen LogP contribution in [0.4, 0.5) is 0 Å². The first-order chi connectivity index (χ1) is 20.3. The van der Waals surface area contributed by atoms with Crippen LogP contribution in [-0.4, -0.2) is 64.2 Å². The van der Waals surface area contributed by atoms with Gasteiger partial charge in [-0.25, -0.2) is 0 Å². The number of carbonyl (C=O) groups excluding carboxylic acids is 3. The first-order valence-electron chi connectivity index (χ1n) is 14.4. The van der Waals surface area contributed by atoms with Crippen LogP contribution in [0.1, 0.15) is 70.7 Å². The minimum atomic E-state index is -1.18. The van der Waals surface area contributed by atoms with E-state index in [-0.39, 0.29) is 45.2 Å². The summed E-state index contributed by atoms with van der Waals surface area (Å²) >= 11 is 0. The Bertz CT molecular complexity index is 960. The van der Waals surface area contributed by atoms with Gasteiger partial charge in [0, 0.05) is 24.0 Å². The van der Waals surface area contributed by atoms with Crippen molar-refractivity contribution in [3.8, 4) is 0 Å². The minimum Gasteiger partial charge on any atom is -0.465 e. The fraction of sp³-hybridized carbons (Fsp3) is 0.531. The molecule has 0 bridgehead atoms. The van der Waals surface area contributed by atoms with Gasteiger partial charge in [0.1, 0.15) is 18.6 Å². The summed E-state index contributed by atoms with van der Waals surface area (Å²) in [7, 11) is 0. The zero-order valence-electron chi connectivity index (χ0n) is 25.1. The van der Waals surface area contributed by atoms with Gasteiger partial charge < -0.3 is 33.2 Å². The van der Waals surface area contributed by atoms with Crippen LogP contribution in [0.3, 0.4) is 0 Å².